The molecule has 0 spiro atoms. The van der Waals surface area contributed by atoms with Crippen molar-refractivity contribution in [2.75, 3.05) is 5.32 Å². The minimum Gasteiger partial charge on any atom is -0.508 e. The molecule has 1 unspecified atom stereocenters. The van der Waals surface area contributed by atoms with Crippen LogP contribution < -0.4 is 5.32 Å². The molecule has 0 saturated carbocycles. The summed E-state index contributed by atoms with van der Waals surface area (Å²) in [5.41, 5.74) is 3.05. The number of amides is 1. The molecule has 0 fully saturated rings. The molecule has 1 aliphatic rings. The van der Waals surface area contributed by atoms with Crippen molar-refractivity contribution in [2.45, 2.75) is 25.2 Å². The molecule has 0 aliphatic heterocycles. The number of nitrogens with one attached hydrogen (secondary N) is 1. The average molecular weight is 267 g/mol. The zero-order chi connectivity index (χ0) is 13.9. The number of anilines is 1. The van der Waals surface area contributed by atoms with E-state index < -0.39 is 0 Å². The summed E-state index contributed by atoms with van der Waals surface area (Å²) in [7, 11) is 0. The smallest absolute Gasteiger partial charge is 0.231 e. The van der Waals surface area contributed by atoms with Crippen LogP contribution >= 0.6 is 0 Å². The van der Waals surface area contributed by atoms with Crippen molar-refractivity contribution in [2.24, 2.45) is 0 Å². The number of hydrogen-bond donors (Lipinski definition) is 2. The van der Waals surface area contributed by atoms with Crippen molar-refractivity contribution in [1.29, 1.82) is 0 Å². The summed E-state index contributed by atoms with van der Waals surface area (Å²) in [5, 5.41) is 12.3. The van der Waals surface area contributed by atoms with Crippen LogP contribution in [0, 0.1) is 0 Å². The molecule has 2 aromatic carbocycles. The summed E-state index contributed by atoms with van der Waals surface area (Å²) in [6.07, 6.45) is 2.96. The fourth-order valence-electron chi connectivity index (χ4n) is 2.84. The van der Waals surface area contributed by atoms with Gasteiger partial charge < -0.3 is 10.4 Å². The second kappa shape index (κ2) is 5.37. The zero-order valence-electron chi connectivity index (χ0n) is 11.2. The van der Waals surface area contributed by atoms with Crippen LogP contribution in [0.5, 0.6) is 5.75 Å². The van der Waals surface area contributed by atoms with Gasteiger partial charge in [0.25, 0.3) is 0 Å². The van der Waals surface area contributed by atoms with E-state index in [1.807, 2.05) is 18.2 Å². The molecule has 1 amide bonds. The SMILES string of the molecule is O=C(Nc1cccc(O)c1)C1CCCc2ccccc21. The van der Waals surface area contributed by atoms with E-state index in [0.717, 1.165) is 24.8 Å². The summed E-state index contributed by atoms with van der Waals surface area (Å²) in [6, 6.07) is 14.8. The van der Waals surface area contributed by atoms with Crippen LogP contribution in [0.15, 0.2) is 48.5 Å². The van der Waals surface area contributed by atoms with Gasteiger partial charge in [0.1, 0.15) is 5.75 Å². The van der Waals surface area contributed by atoms with Crippen LogP contribution in [0.1, 0.15) is 29.9 Å². The van der Waals surface area contributed by atoms with Crippen molar-refractivity contribution in [3.63, 3.8) is 0 Å². The van der Waals surface area contributed by atoms with Gasteiger partial charge in [-0.15, -0.1) is 0 Å². The van der Waals surface area contributed by atoms with Gasteiger partial charge in [-0.1, -0.05) is 30.3 Å². The van der Waals surface area contributed by atoms with Crippen LogP contribution in [0.3, 0.4) is 0 Å². The molecule has 2 N–H and O–H groups in total. The summed E-state index contributed by atoms with van der Waals surface area (Å²) in [5.74, 6) is 0.0666. The van der Waals surface area contributed by atoms with Crippen LogP contribution in [-0.2, 0) is 11.2 Å². The number of carbonyl (C=O) groups is 1. The first-order chi connectivity index (χ1) is 9.74. The normalized spacial score (nSPS) is 17.3. The zero-order valence-corrected chi connectivity index (χ0v) is 11.2. The molecular formula is C17H17NO2. The van der Waals surface area contributed by atoms with E-state index in [9.17, 15) is 9.90 Å². The molecule has 3 heteroatoms. The molecule has 3 rings (SSSR count). The Balaban J connectivity index is 1.82. The van der Waals surface area contributed by atoms with E-state index in [-0.39, 0.29) is 17.6 Å². The lowest BCUT2D eigenvalue weighted by Crippen LogP contribution is -2.24. The van der Waals surface area contributed by atoms with Crippen LogP contribution in [0.4, 0.5) is 5.69 Å². The molecule has 0 saturated heterocycles. The van der Waals surface area contributed by atoms with E-state index in [1.54, 1.807) is 24.3 Å². The van der Waals surface area contributed by atoms with Crippen LogP contribution in [0.25, 0.3) is 0 Å². The Kier molecular flexibility index (Phi) is 3.42. The van der Waals surface area contributed by atoms with Gasteiger partial charge in [0.2, 0.25) is 5.91 Å². The Bertz CT molecular complexity index is 636. The predicted molar refractivity (Wildman–Crippen MR) is 78.9 cm³/mol. The molecule has 102 valence electrons. The number of aromatic hydroxyl groups is 1. The van der Waals surface area contributed by atoms with Crippen molar-refractivity contribution in [3.8, 4) is 5.75 Å². The summed E-state index contributed by atoms with van der Waals surface area (Å²) >= 11 is 0. The number of hydrogen-bond acceptors (Lipinski definition) is 2. The maximum Gasteiger partial charge on any atom is 0.231 e. The molecule has 0 heterocycles. The number of phenolic OH excluding ortho intramolecular Hbond substituents is 1. The maximum absolute atomic E-state index is 12.4. The highest BCUT2D eigenvalue weighted by atomic mass is 16.3. The van der Waals surface area contributed by atoms with E-state index in [2.05, 4.69) is 11.4 Å². The molecule has 3 nitrogen and oxygen atoms in total. The van der Waals surface area contributed by atoms with Crippen molar-refractivity contribution in [1.82, 2.24) is 0 Å². The third kappa shape index (κ3) is 2.52. The lowest BCUT2D eigenvalue weighted by Gasteiger charge is -2.24. The van der Waals surface area contributed by atoms with Gasteiger partial charge in [-0.05, 0) is 42.5 Å². The standard InChI is InChI=1S/C17H17NO2/c19-14-8-4-7-13(11-14)18-17(20)16-10-3-6-12-5-1-2-9-15(12)16/h1-2,4-5,7-9,11,16,19H,3,6,10H2,(H,18,20). The van der Waals surface area contributed by atoms with E-state index >= 15 is 0 Å². The van der Waals surface area contributed by atoms with E-state index in [0.29, 0.717) is 5.69 Å². The van der Waals surface area contributed by atoms with E-state index in [4.69, 9.17) is 0 Å². The van der Waals surface area contributed by atoms with Crippen molar-refractivity contribution in [3.05, 3.63) is 59.7 Å². The third-order valence-corrected chi connectivity index (χ3v) is 3.80. The Morgan fingerprint density at radius 3 is 2.85 bits per heavy atom. The molecule has 0 radical (unpaired) electrons. The van der Waals surface area contributed by atoms with Gasteiger partial charge in [0.15, 0.2) is 0 Å². The fourth-order valence-corrected chi connectivity index (χ4v) is 2.84. The second-order valence-corrected chi connectivity index (χ2v) is 5.18. The first-order valence-electron chi connectivity index (χ1n) is 6.92. The van der Waals surface area contributed by atoms with Crippen molar-refractivity contribution >= 4 is 11.6 Å². The minimum absolute atomic E-state index is 0.00255. The van der Waals surface area contributed by atoms with Gasteiger partial charge in [-0.25, -0.2) is 0 Å². The third-order valence-electron chi connectivity index (χ3n) is 3.80. The van der Waals surface area contributed by atoms with Crippen LogP contribution in [0.2, 0.25) is 0 Å². The fraction of sp³-hybridized carbons (Fsp3) is 0.235. The van der Waals surface area contributed by atoms with Crippen molar-refractivity contribution < 1.29 is 9.90 Å². The number of aryl methyl sites for hydroxylation is 1. The summed E-state index contributed by atoms with van der Waals surface area (Å²) in [6.45, 7) is 0. The lowest BCUT2D eigenvalue weighted by molar-refractivity contribution is -0.117. The Morgan fingerprint density at radius 1 is 1.15 bits per heavy atom. The molecule has 2 aromatic rings. The molecular weight excluding hydrogens is 250 g/mol. The number of carbonyl (C=O) groups excluding carboxylic acids is 1. The van der Waals surface area contributed by atoms with Gasteiger partial charge in [-0.2, -0.15) is 0 Å². The molecule has 1 atom stereocenters. The van der Waals surface area contributed by atoms with E-state index in [1.165, 1.54) is 5.56 Å². The highest BCUT2D eigenvalue weighted by molar-refractivity contribution is 5.96. The Morgan fingerprint density at radius 2 is 2.00 bits per heavy atom. The largest absolute Gasteiger partial charge is 0.508 e. The highest BCUT2D eigenvalue weighted by Gasteiger charge is 2.26. The minimum atomic E-state index is -0.0951. The quantitative estimate of drug-likeness (QED) is 0.875. The first-order valence-corrected chi connectivity index (χ1v) is 6.92. The summed E-state index contributed by atoms with van der Waals surface area (Å²) in [4.78, 5) is 12.4. The maximum atomic E-state index is 12.4. The highest BCUT2D eigenvalue weighted by Crippen LogP contribution is 2.32. The van der Waals surface area contributed by atoms with Gasteiger partial charge >= 0.3 is 0 Å². The van der Waals surface area contributed by atoms with Gasteiger partial charge in [0.05, 0.1) is 5.92 Å². The predicted octanol–water partition coefficient (Wildman–Crippen LogP) is 3.45. The van der Waals surface area contributed by atoms with Gasteiger partial charge in [0, 0.05) is 11.8 Å². The molecule has 1 aliphatic carbocycles. The number of rotatable bonds is 2. The van der Waals surface area contributed by atoms with Gasteiger partial charge in [-0.3, -0.25) is 4.79 Å². The molecule has 0 aromatic heterocycles. The monoisotopic (exact) mass is 267 g/mol. The Labute approximate surface area is 118 Å². The Hall–Kier alpha value is -2.29. The topological polar surface area (TPSA) is 49.3 Å². The van der Waals surface area contributed by atoms with Crippen LogP contribution in [-0.4, -0.2) is 11.0 Å². The first kappa shape index (κ1) is 12.7. The molecule has 20 heavy (non-hydrogen) atoms. The number of benzene rings is 2. The second-order valence-electron chi connectivity index (χ2n) is 5.18. The number of phenols is 1. The summed E-state index contributed by atoms with van der Waals surface area (Å²) < 4.78 is 0. The lowest BCUT2D eigenvalue weighted by atomic mass is 9.82. The average Bonchev–Trinajstić information content (AvgIpc) is 2.46. The molecule has 0 bridgehead atoms. The number of fused-ring (bicyclic) bond motifs is 1.